The molecule has 0 unspecified atom stereocenters. The molecule has 108 valence electrons. The Kier molecular flexibility index (Phi) is 6.04. The summed E-state index contributed by atoms with van der Waals surface area (Å²) in [6.07, 6.45) is 4.22. The largest absolute Gasteiger partial charge is 0.387 e. The molecule has 0 saturated heterocycles. The Labute approximate surface area is 131 Å². The molecular formula is C18H19ClN2. The van der Waals surface area contributed by atoms with Gasteiger partial charge in [-0.3, -0.25) is 0 Å². The average Bonchev–Trinajstić information content (AvgIpc) is 2.53. The van der Waals surface area contributed by atoms with E-state index >= 15 is 0 Å². The third-order valence-electron chi connectivity index (χ3n) is 3.11. The molecule has 2 N–H and O–H groups in total. The summed E-state index contributed by atoms with van der Waals surface area (Å²) in [6, 6.07) is 20.3. The van der Waals surface area contributed by atoms with Crippen molar-refractivity contribution in [3.05, 3.63) is 83.0 Å². The first kappa shape index (κ1) is 15.3. The fourth-order valence-corrected chi connectivity index (χ4v) is 2.16. The molecule has 0 aliphatic rings. The first-order valence-corrected chi connectivity index (χ1v) is 7.38. The SMILES string of the molecule is N/C(CCc1ccccc1)=N/C(Cl)=C\Cc1ccccc1. The van der Waals surface area contributed by atoms with Gasteiger partial charge in [0, 0.05) is 6.42 Å². The molecule has 0 saturated carbocycles. The number of rotatable bonds is 6. The number of hydrogen-bond donors (Lipinski definition) is 1. The second-order valence-electron chi connectivity index (χ2n) is 4.81. The lowest BCUT2D eigenvalue weighted by Crippen LogP contribution is -2.12. The van der Waals surface area contributed by atoms with Gasteiger partial charge in [-0.05, 0) is 30.0 Å². The zero-order valence-corrected chi connectivity index (χ0v) is 12.6. The lowest BCUT2D eigenvalue weighted by atomic mass is 10.1. The monoisotopic (exact) mass is 298 g/mol. The predicted molar refractivity (Wildman–Crippen MR) is 90.5 cm³/mol. The number of aliphatic imine (C=N–C) groups is 1. The lowest BCUT2D eigenvalue weighted by molar-refractivity contribution is 1.02. The Balaban J connectivity index is 1.86. The maximum atomic E-state index is 6.10. The van der Waals surface area contributed by atoms with Crippen LogP contribution in [0.25, 0.3) is 0 Å². The van der Waals surface area contributed by atoms with Crippen LogP contribution in [0.5, 0.6) is 0 Å². The van der Waals surface area contributed by atoms with Crippen molar-refractivity contribution in [2.45, 2.75) is 19.3 Å². The van der Waals surface area contributed by atoms with Crippen molar-refractivity contribution >= 4 is 17.4 Å². The highest BCUT2D eigenvalue weighted by molar-refractivity contribution is 6.30. The van der Waals surface area contributed by atoms with Crippen molar-refractivity contribution in [1.82, 2.24) is 0 Å². The van der Waals surface area contributed by atoms with Crippen LogP contribution in [0.4, 0.5) is 0 Å². The van der Waals surface area contributed by atoms with E-state index in [2.05, 4.69) is 29.3 Å². The van der Waals surface area contributed by atoms with Crippen LogP contribution in [0.3, 0.4) is 0 Å². The van der Waals surface area contributed by atoms with Gasteiger partial charge in [0.25, 0.3) is 0 Å². The molecule has 0 atom stereocenters. The molecule has 2 rings (SSSR count). The number of hydrogen-bond acceptors (Lipinski definition) is 1. The van der Waals surface area contributed by atoms with Crippen LogP contribution in [-0.4, -0.2) is 5.84 Å². The molecule has 2 aromatic carbocycles. The van der Waals surface area contributed by atoms with Crippen molar-refractivity contribution in [2.24, 2.45) is 10.7 Å². The van der Waals surface area contributed by atoms with E-state index in [4.69, 9.17) is 17.3 Å². The van der Waals surface area contributed by atoms with Gasteiger partial charge in [-0.15, -0.1) is 0 Å². The third kappa shape index (κ3) is 5.84. The van der Waals surface area contributed by atoms with E-state index in [9.17, 15) is 0 Å². The van der Waals surface area contributed by atoms with E-state index in [1.54, 1.807) is 0 Å². The van der Waals surface area contributed by atoms with Crippen LogP contribution in [0.1, 0.15) is 17.5 Å². The summed E-state index contributed by atoms with van der Waals surface area (Å²) in [4.78, 5) is 4.23. The van der Waals surface area contributed by atoms with Gasteiger partial charge in [0.1, 0.15) is 11.0 Å². The highest BCUT2D eigenvalue weighted by Gasteiger charge is 1.97. The first-order chi connectivity index (χ1) is 10.2. The molecule has 21 heavy (non-hydrogen) atoms. The van der Waals surface area contributed by atoms with Crippen LogP contribution < -0.4 is 5.73 Å². The van der Waals surface area contributed by atoms with E-state index in [1.807, 2.05) is 42.5 Å². The van der Waals surface area contributed by atoms with Crippen LogP contribution in [0, 0.1) is 0 Å². The number of allylic oxidation sites excluding steroid dienone is 1. The van der Waals surface area contributed by atoms with Crippen molar-refractivity contribution in [3.8, 4) is 0 Å². The average molecular weight is 299 g/mol. The molecule has 0 heterocycles. The van der Waals surface area contributed by atoms with Gasteiger partial charge in [-0.1, -0.05) is 72.3 Å². The predicted octanol–water partition coefficient (Wildman–Crippen LogP) is 4.30. The Morgan fingerprint density at radius 2 is 1.52 bits per heavy atom. The van der Waals surface area contributed by atoms with Crippen molar-refractivity contribution in [3.63, 3.8) is 0 Å². The summed E-state index contributed by atoms with van der Waals surface area (Å²) < 4.78 is 0. The fourth-order valence-electron chi connectivity index (χ4n) is 1.97. The Bertz CT molecular complexity index is 604. The van der Waals surface area contributed by atoms with Gasteiger partial charge in [-0.2, -0.15) is 0 Å². The van der Waals surface area contributed by atoms with Gasteiger partial charge < -0.3 is 5.73 Å². The van der Waals surface area contributed by atoms with Gasteiger partial charge in [-0.25, -0.2) is 4.99 Å². The van der Waals surface area contributed by atoms with E-state index in [-0.39, 0.29) is 0 Å². The second kappa shape index (κ2) is 8.28. The molecule has 2 aromatic rings. The zero-order valence-electron chi connectivity index (χ0n) is 11.9. The van der Waals surface area contributed by atoms with Crippen LogP contribution >= 0.6 is 11.6 Å². The van der Waals surface area contributed by atoms with Crippen LogP contribution in [-0.2, 0) is 12.8 Å². The molecule has 0 aromatic heterocycles. The molecule has 3 heteroatoms. The third-order valence-corrected chi connectivity index (χ3v) is 3.35. The standard InChI is InChI=1S/C18H19ClN2/c19-17(13-11-15-7-3-1-4-8-15)21-18(20)14-12-16-9-5-2-6-10-16/h1-10,13H,11-12,14H2,(H2,20,21)/b17-13-. The molecule has 0 bridgehead atoms. The maximum Gasteiger partial charge on any atom is 0.127 e. The number of nitrogens with zero attached hydrogens (tertiary/aromatic N) is 1. The van der Waals surface area contributed by atoms with E-state index in [0.717, 1.165) is 12.8 Å². The number of halogens is 1. The maximum absolute atomic E-state index is 6.10. The summed E-state index contributed by atoms with van der Waals surface area (Å²) in [5.74, 6) is 0.563. The van der Waals surface area contributed by atoms with E-state index in [1.165, 1.54) is 11.1 Å². The second-order valence-corrected chi connectivity index (χ2v) is 5.19. The van der Waals surface area contributed by atoms with Gasteiger partial charge in [0.05, 0.1) is 0 Å². The minimum Gasteiger partial charge on any atom is -0.387 e. The van der Waals surface area contributed by atoms with Gasteiger partial charge in [0.2, 0.25) is 0 Å². The highest BCUT2D eigenvalue weighted by Crippen LogP contribution is 2.09. The zero-order chi connectivity index (χ0) is 14.9. The summed E-state index contributed by atoms with van der Waals surface area (Å²) in [5, 5.41) is 0.449. The molecular weight excluding hydrogens is 280 g/mol. The van der Waals surface area contributed by atoms with Gasteiger partial charge >= 0.3 is 0 Å². The number of benzene rings is 2. The summed E-state index contributed by atoms with van der Waals surface area (Å²) in [6.45, 7) is 0. The number of amidine groups is 1. The number of nitrogens with two attached hydrogens (primary N) is 1. The highest BCUT2D eigenvalue weighted by atomic mass is 35.5. The number of aryl methyl sites for hydroxylation is 1. The van der Waals surface area contributed by atoms with Gasteiger partial charge in [0.15, 0.2) is 0 Å². The van der Waals surface area contributed by atoms with Crippen LogP contribution in [0.15, 0.2) is 76.9 Å². The lowest BCUT2D eigenvalue weighted by Gasteiger charge is -2.01. The summed E-state index contributed by atoms with van der Waals surface area (Å²) in [5.41, 5.74) is 8.37. The molecule has 0 aliphatic carbocycles. The quantitative estimate of drug-likeness (QED) is 0.482. The molecule has 2 nitrogen and oxygen atoms in total. The summed E-state index contributed by atoms with van der Waals surface area (Å²) in [7, 11) is 0. The Morgan fingerprint density at radius 3 is 2.14 bits per heavy atom. The molecule has 0 radical (unpaired) electrons. The minimum atomic E-state index is 0.449. The van der Waals surface area contributed by atoms with Crippen molar-refractivity contribution in [2.75, 3.05) is 0 Å². The minimum absolute atomic E-state index is 0.449. The van der Waals surface area contributed by atoms with Crippen molar-refractivity contribution in [1.29, 1.82) is 0 Å². The molecule has 0 aliphatic heterocycles. The Morgan fingerprint density at radius 1 is 0.952 bits per heavy atom. The van der Waals surface area contributed by atoms with Crippen LogP contribution in [0.2, 0.25) is 0 Å². The molecule has 0 amide bonds. The molecule has 0 spiro atoms. The fraction of sp³-hybridized carbons (Fsp3) is 0.167. The van der Waals surface area contributed by atoms with E-state index < -0.39 is 0 Å². The van der Waals surface area contributed by atoms with Crippen molar-refractivity contribution < 1.29 is 0 Å². The summed E-state index contributed by atoms with van der Waals surface area (Å²) >= 11 is 6.10. The topological polar surface area (TPSA) is 38.4 Å². The normalized spacial score (nSPS) is 12.4. The Hall–Kier alpha value is -2.06. The first-order valence-electron chi connectivity index (χ1n) is 7.00. The smallest absolute Gasteiger partial charge is 0.127 e. The van der Waals surface area contributed by atoms with E-state index in [0.29, 0.717) is 17.4 Å². The molecule has 0 fully saturated rings.